The fourth-order valence-corrected chi connectivity index (χ4v) is 4.35. The van der Waals surface area contributed by atoms with Crippen LogP contribution < -0.4 is 9.62 Å². The van der Waals surface area contributed by atoms with Crippen molar-refractivity contribution in [2.45, 2.75) is 4.90 Å². The molecule has 2 aromatic carbocycles. The molecule has 158 valence electrons. The number of hydrogen-bond acceptors (Lipinski definition) is 6. The molecule has 0 aliphatic rings. The maximum absolute atomic E-state index is 13.6. The number of anilines is 2. The topological polar surface area (TPSA) is 79.4 Å². The molecule has 1 amide bonds. The fraction of sp³-hybridized carbons (Fsp3) is 0.158. The van der Waals surface area contributed by atoms with Crippen molar-refractivity contribution in [3.8, 4) is 11.3 Å². The smallest absolute Gasteiger partial charge is 0.236 e. The van der Waals surface area contributed by atoms with E-state index in [0.29, 0.717) is 16.5 Å². The lowest BCUT2D eigenvalue weighted by atomic mass is 10.1. The standard InChI is InChI=1S/C19H17F2N3O3S3/c1-24(30(2,26)27)14-6-3-12(4-7-14)16-10-29-19(22-16)23-18(25)11-28-17-8-5-13(20)9-15(17)21/h3-10H,11H2,1-2H3,(H,22,23,25). The highest BCUT2D eigenvalue weighted by Crippen LogP contribution is 2.28. The Balaban J connectivity index is 1.61. The molecule has 0 saturated carbocycles. The Morgan fingerprint density at radius 2 is 1.90 bits per heavy atom. The number of thioether (sulfide) groups is 1. The first-order chi connectivity index (χ1) is 14.1. The van der Waals surface area contributed by atoms with Gasteiger partial charge in [0, 0.05) is 29.0 Å². The molecule has 1 aromatic heterocycles. The van der Waals surface area contributed by atoms with Gasteiger partial charge in [0.25, 0.3) is 0 Å². The third-order valence-corrected chi connectivity index (χ3v) is 7.04. The van der Waals surface area contributed by atoms with E-state index in [2.05, 4.69) is 10.3 Å². The average Bonchev–Trinajstić information content (AvgIpc) is 3.14. The zero-order chi connectivity index (χ0) is 21.9. The number of carbonyl (C=O) groups excluding carboxylic acids is 1. The molecule has 30 heavy (non-hydrogen) atoms. The van der Waals surface area contributed by atoms with Crippen LogP contribution >= 0.6 is 23.1 Å². The molecule has 0 fully saturated rings. The molecule has 0 spiro atoms. The largest absolute Gasteiger partial charge is 0.301 e. The van der Waals surface area contributed by atoms with Crippen LogP contribution in [0.3, 0.4) is 0 Å². The molecule has 1 N–H and O–H groups in total. The Labute approximate surface area is 181 Å². The van der Waals surface area contributed by atoms with E-state index in [9.17, 15) is 22.0 Å². The minimum Gasteiger partial charge on any atom is -0.301 e. The minimum absolute atomic E-state index is 0.0516. The van der Waals surface area contributed by atoms with Gasteiger partial charge in [-0.1, -0.05) is 12.1 Å². The van der Waals surface area contributed by atoms with Gasteiger partial charge in [-0.15, -0.1) is 23.1 Å². The van der Waals surface area contributed by atoms with Crippen LogP contribution in [0.4, 0.5) is 19.6 Å². The highest BCUT2D eigenvalue weighted by molar-refractivity contribution is 8.00. The Bertz CT molecular complexity index is 1170. The van der Waals surface area contributed by atoms with E-state index in [-0.39, 0.29) is 16.6 Å². The number of halogens is 2. The van der Waals surface area contributed by atoms with Gasteiger partial charge in [-0.05, 0) is 24.3 Å². The number of rotatable bonds is 7. The highest BCUT2D eigenvalue weighted by atomic mass is 32.2. The number of aromatic nitrogens is 1. The first-order valence-corrected chi connectivity index (χ1v) is 12.2. The molecular weight excluding hydrogens is 452 g/mol. The van der Waals surface area contributed by atoms with Crippen molar-refractivity contribution in [3.63, 3.8) is 0 Å². The number of carbonyl (C=O) groups is 1. The summed E-state index contributed by atoms with van der Waals surface area (Å²) in [6.45, 7) is 0. The van der Waals surface area contributed by atoms with Gasteiger partial charge in [0.2, 0.25) is 15.9 Å². The molecule has 0 atom stereocenters. The van der Waals surface area contributed by atoms with Crippen molar-refractivity contribution >= 4 is 49.8 Å². The fourth-order valence-electron chi connectivity index (χ4n) is 2.39. The Hall–Kier alpha value is -2.50. The third-order valence-electron chi connectivity index (χ3n) is 4.03. The maximum Gasteiger partial charge on any atom is 0.236 e. The number of nitrogens with one attached hydrogen (secondary N) is 1. The van der Waals surface area contributed by atoms with E-state index in [1.165, 1.54) is 28.8 Å². The Morgan fingerprint density at radius 1 is 1.20 bits per heavy atom. The molecule has 0 unspecified atom stereocenters. The van der Waals surface area contributed by atoms with Crippen LogP contribution in [0, 0.1) is 11.6 Å². The highest BCUT2D eigenvalue weighted by Gasteiger charge is 2.13. The number of amides is 1. The second kappa shape index (κ2) is 9.11. The zero-order valence-corrected chi connectivity index (χ0v) is 18.4. The molecule has 0 bridgehead atoms. The average molecular weight is 470 g/mol. The molecule has 0 aliphatic heterocycles. The van der Waals surface area contributed by atoms with Gasteiger partial charge >= 0.3 is 0 Å². The molecule has 0 radical (unpaired) electrons. The molecule has 6 nitrogen and oxygen atoms in total. The van der Waals surface area contributed by atoms with Gasteiger partial charge in [-0.2, -0.15) is 0 Å². The predicted molar refractivity (Wildman–Crippen MR) is 117 cm³/mol. The lowest BCUT2D eigenvalue weighted by Gasteiger charge is -2.16. The van der Waals surface area contributed by atoms with Crippen LogP contribution in [0.1, 0.15) is 0 Å². The van der Waals surface area contributed by atoms with Gasteiger partial charge in [0.05, 0.1) is 23.4 Å². The van der Waals surface area contributed by atoms with Crippen molar-refractivity contribution in [1.82, 2.24) is 4.98 Å². The van der Waals surface area contributed by atoms with E-state index in [0.717, 1.165) is 35.7 Å². The molecule has 1 heterocycles. The summed E-state index contributed by atoms with van der Waals surface area (Å²) >= 11 is 2.19. The van der Waals surface area contributed by atoms with Gasteiger partial charge in [-0.25, -0.2) is 22.2 Å². The van der Waals surface area contributed by atoms with Crippen molar-refractivity contribution in [3.05, 3.63) is 59.5 Å². The molecule has 3 aromatic rings. The van der Waals surface area contributed by atoms with Gasteiger partial charge in [-0.3, -0.25) is 9.10 Å². The summed E-state index contributed by atoms with van der Waals surface area (Å²) in [5.74, 6) is -1.80. The number of benzene rings is 2. The van der Waals surface area contributed by atoms with Crippen molar-refractivity contribution in [2.75, 3.05) is 28.7 Å². The summed E-state index contributed by atoms with van der Waals surface area (Å²) in [5.41, 5.74) is 1.91. The second-order valence-corrected chi connectivity index (χ2v) is 10.1. The lowest BCUT2D eigenvalue weighted by Crippen LogP contribution is -2.24. The van der Waals surface area contributed by atoms with Crippen LogP contribution in [0.25, 0.3) is 11.3 Å². The van der Waals surface area contributed by atoms with Crippen LogP contribution in [-0.2, 0) is 14.8 Å². The quantitative estimate of drug-likeness (QED) is 0.525. The van der Waals surface area contributed by atoms with Gasteiger partial charge in [0.15, 0.2) is 5.13 Å². The lowest BCUT2D eigenvalue weighted by molar-refractivity contribution is -0.113. The van der Waals surface area contributed by atoms with Gasteiger partial charge in [0.1, 0.15) is 11.6 Å². The molecule has 0 aliphatic carbocycles. The SMILES string of the molecule is CN(c1ccc(-c2csc(NC(=O)CSc3ccc(F)cc3F)n2)cc1)S(C)(=O)=O. The number of hydrogen-bond donors (Lipinski definition) is 1. The van der Waals surface area contributed by atoms with Crippen LogP contribution in [0.2, 0.25) is 0 Å². The summed E-state index contributed by atoms with van der Waals surface area (Å²) in [6, 6.07) is 10.0. The van der Waals surface area contributed by atoms with E-state index in [1.54, 1.807) is 29.6 Å². The Kier molecular flexibility index (Phi) is 6.74. The number of sulfonamides is 1. The first kappa shape index (κ1) is 22.2. The van der Waals surface area contributed by atoms with E-state index >= 15 is 0 Å². The third kappa shape index (κ3) is 5.55. The summed E-state index contributed by atoms with van der Waals surface area (Å²) < 4.78 is 50.9. The van der Waals surface area contributed by atoms with Crippen LogP contribution in [-0.4, -0.2) is 38.4 Å². The zero-order valence-electron chi connectivity index (χ0n) is 15.9. The van der Waals surface area contributed by atoms with E-state index < -0.39 is 21.7 Å². The first-order valence-electron chi connectivity index (χ1n) is 8.51. The van der Waals surface area contributed by atoms with Crippen molar-refractivity contribution in [1.29, 1.82) is 0 Å². The van der Waals surface area contributed by atoms with E-state index in [1.807, 2.05) is 0 Å². The second-order valence-electron chi connectivity index (χ2n) is 6.23. The summed E-state index contributed by atoms with van der Waals surface area (Å²) in [5, 5.41) is 4.79. The molecule has 0 saturated heterocycles. The predicted octanol–water partition coefficient (Wildman–Crippen LogP) is 4.21. The summed E-state index contributed by atoms with van der Waals surface area (Å²) in [7, 11) is -1.88. The van der Waals surface area contributed by atoms with Crippen LogP contribution in [0.15, 0.2) is 52.7 Å². The normalized spacial score (nSPS) is 11.3. The van der Waals surface area contributed by atoms with Crippen LogP contribution in [0.5, 0.6) is 0 Å². The molecule has 11 heteroatoms. The van der Waals surface area contributed by atoms with E-state index in [4.69, 9.17) is 0 Å². The summed E-state index contributed by atoms with van der Waals surface area (Å²) in [6.07, 6.45) is 1.12. The van der Waals surface area contributed by atoms with Crippen molar-refractivity contribution in [2.24, 2.45) is 0 Å². The maximum atomic E-state index is 13.6. The molecular formula is C19H17F2N3O3S3. The Morgan fingerprint density at radius 3 is 2.53 bits per heavy atom. The minimum atomic E-state index is -3.34. The summed E-state index contributed by atoms with van der Waals surface area (Å²) in [4.78, 5) is 16.6. The monoisotopic (exact) mass is 469 g/mol. The number of nitrogens with zero attached hydrogens (tertiary/aromatic N) is 2. The number of thiazole rings is 1. The van der Waals surface area contributed by atoms with Gasteiger partial charge < -0.3 is 5.32 Å². The van der Waals surface area contributed by atoms with Crippen molar-refractivity contribution < 1.29 is 22.0 Å². The molecule has 3 rings (SSSR count).